The minimum Gasteiger partial charge on any atom is -0.256 e. The predicted molar refractivity (Wildman–Crippen MR) is 68.2 cm³/mol. The van der Waals surface area contributed by atoms with Gasteiger partial charge in [0, 0.05) is 15.9 Å². The van der Waals surface area contributed by atoms with Crippen molar-refractivity contribution in [3.8, 4) is 11.3 Å². The Hall–Kier alpha value is -1.63. The second kappa shape index (κ2) is 4.93. The third kappa shape index (κ3) is 2.69. The summed E-state index contributed by atoms with van der Waals surface area (Å²) < 4.78 is 22.1. The van der Waals surface area contributed by atoms with Crippen LogP contribution in [-0.2, 0) is 6.42 Å². The van der Waals surface area contributed by atoms with Crippen molar-refractivity contribution in [2.45, 2.75) is 20.2 Å². The van der Waals surface area contributed by atoms with Crippen molar-refractivity contribution in [2.75, 3.05) is 0 Å². The van der Waals surface area contributed by atoms with E-state index >= 15 is 0 Å². The normalized spacial score (nSPS) is 15.9. The van der Waals surface area contributed by atoms with E-state index in [0.717, 1.165) is 16.8 Å². The lowest BCUT2D eigenvalue weighted by molar-refractivity contribution is 0.646. The van der Waals surface area contributed by atoms with Crippen molar-refractivity contribution in [2.24, 2.45) is 5.92 Å². The molecule has 0 fully saturated rings. The van der Waals surface area contributed by atoms with Crippen molar-refractivity contribution in [3.63, 3.8) is 0 Å². The molecule has 2 rings (SSSR count). The van der Waals surface area contributed by atoms with Crippen LogP contribution in [0.3, 0.4) is 0 Å². The summed E-state index contributed by atoms with van der Waals surface area (Å²) in [6, 6.07) is 13.8. The van der Waals surface area contributed by atoms with Gasteiger partial charge in [0.25, 0.3) is 0 Å². The highest BCUT2D eigenvalue weighted by Crippen LogP contribution is 2.17. The van der Waals surface area contributed by atoms with E-state index in [1.165, 1.54) is 0 Å². The molecule has 16 heavy (non-hydrogen) atoms. The topological polar surface area (TPSA) is 12.9 Å². The lowest BCUT2D eigenvalue weighted by Crippen LogP contribution is -1.95. The smallest absolute Gasteiger partial charge is 0.0702 e. The van der Waals surface area contributed by atoms with Gasteiger partial charge in [-0.1, -0.05) is 50.2 Å². The van der Waals surface area contributed by atoms with Gasteiger partial charge in [0.1, 0.15) is 0 Å². The number of aromatic nitrogens is 1. The zero-order valence-corrected chi connectivity index (χ0v) is 9.35. The maximum absolute atomic E-state index is 7.38. The van der Waals surface area contributed by atoms with E-state index in [2.05, 4.69) is 4.98 Å². The van der Waals surface area contributed by atoms with E-state index in [1.54, 1.807) is 13.1 Å². The molecule has 0 aliphatic rings. The van der Waals surface area contributed by atoms with Gasteiger partial charge < -0.3 is 0 Å². The summed E-state index contributed by atoms with van der Waals surface area (Å²) >= 11 is 0. The Balaban J connectivity index is 2.11. The molecule has 1 aromatic heterocycles. The van der Waals surface area contributed by atoms with Gasteiger partial charge in [-0.15, -0.1) is 0 Å². The van der Waals surface area contributed by atoms with Crippen LogP contribution in [0.1, 0.15) is 23.5 Å². The molecule has 0 amide bonds. The lowest BCUT2D eigenvalue weighted by Gasteiger charge is -2.05. The summed E-state index contributed by atoms with van der Waals surface area (Å²) in [7, 11) is 0. The molecule has 2 aromatic rings. The largest absolute Gasteiger partial charge is 0.256 e. The summed E-state index contributed by atoms with van der Waals surface area (Å²) in [6.07, 6.45) is 2.29. The molecule has 82 valence electrons. The molecule has 1 heterocycles. The van der Waals surface area contributed by atoms with Gasteiger partial charge in [0.2, 0.25) is 0 Å². The molecular weight excluding hydrogens is 194 g/mol. The van der Waals surface area contributed by atoms with Crippen LogP contribution in [0.5, 0.6) is 0 Å². The van der Waals surface area contributed by atoms with E-state index in [4.69, 9.17) is 4.11 Å². The minimum atomic E-state index is -1.90. The number of rotatable bonds is 3. The summed E-state index contributed by atoms with van der Waals surface area (Å²) in [6.45, 7) is -0.157. The Morgan fingerprint density at radius 2 is 2.00 bits per heavy atom. The van der Waals surface area contributed by atoms with Crippen LogP contribution in [-0.4, -0.2) is 4.98 Å². The van der Waals surface area contributed by atoms with Crippen LogP contribution in [0.2, 0.25) is 0 Å². The first-order valence-corrected chi connectivity index (χ1v) is 5.47. The van der Waals surface area contributed by atoms with Crippen LogP contribution >= 0.6 is 0 Å². The molecule has 0 bridgehead atoms. The zero-order valence-electron chi connectivity index (χ0n) is 12.4. The van der Waals surface area contributed by atoms with Gasteiger partial charge in [-0.05, 0) is 24.0 Å². The Morgan fingerprint density at radius 3 is 2.62 bits per heavy atom. The monoisotopic (exact) mass is 214 g/mol. The third-order valence-corrected chi connectivity index (χ3v) is 2.44. The molecule has 1 atom stereocenters. The molecule has 0 spiro atoms. The molecule has 1 nitrogen and oxygen atoms in total. The van der Waals surface area contributed by atoms with Crippen molar-refractivity contribution in [3.05, 3.63) is 54.2 Å². The van der Waals surface area contributed by atoms with E-state index in [0.29, 0.717) is 6.42 Å². The Kier molecular flexibility index (Phi) is 2.35. The highest BCUT2D eigenvalue weighted by Gasteiger charge is 2.00. The van der Waals surface area contributed by atoms with Crippen molar-refractivity contribution >= 4 is 0 Å². The maximum Gasteiger partial charge on any atom is 0.0702 e. The van der Waals surface area contributed by atoms with Crippen LogP contribution in [0.15, 0.2) is 48.7 Å². The van der Waals surface area contributed by atoms with Crippen LogP contribution in [0.25, 0.3) is 11.3 Å². The maximum atomic E-state index is 7.38. The number of hydrogen-bond donors (Lipinski definition) is 0. The molecule has 1 unspecified atom stereocenters. The predicted octanol–water partition coefficient (Wildman–Crippen LogP) is 3.95. The van der Waals surface area contributed by atoms with Crippen molar-refractivity contribution in [1.29, 1.82) is 0 Å². The molecular formula is C15H17N. The molecule has 1 aromatic carbocycles. The van der Waals surface area contributed by atoms with E-state index in [9.17, 15) is 0 Å². The molecule has 0 saturated heterocycles. The number of pyridine rings is 1. The van der Waals surface area contributed by atoms with Gasteiger partial charge in [0.05, 0.1) is 5.69 Å². The molecule has 0 aliphatic heterocycles. The number of hydrogen-bond acceptors (Lipinski definition) is 1. The van der Waals surface area contributed by atoms with E-state index < -0.39 is 6.85 Å². The first kappa shape index (κ1) is 7.61. The Bertz CT molecular complexity index is 517. The first-order valence-electron chi connectivity index (χ1n) is 6.97. The molecule has 0 radical (unpaired) electrons. The number of benzene rings is 1. The van der Waals surface area contributed by atoms with Gasteiger partial charge in [-0.2, -0.15) is 0 Å². The fourth-order valence-electron chi connectivity index (χ4n) is 1.68. The fraction of sp³-hybridized carbons (Fsp3) is 0.267. The fourth-order valence-corrected chi connectivity index (χ4v) is 1.68. The van der Waals surface area contributed by atoms with E-state index in [-0.39, 0.29) is 5.92 Å². The average molecular weight is 214 g/mol. The highest BCUT2D eigenvalue weighted by atomic mass is 14.7. The third-order valence-electron chi connectivity index (χ3n) is 2.44. The van der Waals surface area contributed by atoms with Crippen LogP contribution in [0, 0.1) is 5.92 Å². The standard InChI is InChI=1S/C15H17N/c1-12(2)10-13-8-9-15(16-11-13)14-6-4-3-5-7-14/h3-9,11-12H,10H2,1-2H3/i1D3. The summed E-state index contributed by atoms with van der Waals surface area (Å²) in [4.78, 5) is 4.40. The number of nitrogens with zero attached hydrogens (tertiary/aromatic N) is 1. The second-order valence-corrected chi connectivity index (χ2v) is 4.02. The van der Waals surface area contributed by atoms with Gasteiger partial charge in [0.15, 0.2) is 0 Å². The van der Waals surface area contributed by atoms with Crippen molar-refractivity contribution in [1.82, 2.24) is 4.98 Å². The molecule has 0 saturated carbocycles. The highest BCUT2D eigenvalue weighted by molar-refractivity contribution is 5.58. The summed E-state index contributed by atoms with van der Waals surface area (Å²) in [5.41, 5.74) is 2.94. The van der Waals surface area contributed by atoms with Gasteiger partial charge >= 0.3 is 0 Å². The first-order chi connectivity index (χ1) is 8.97. The van der Waals surface area contributed by atoms with Crippen molar-refractivity contribution < 1.29 is 4.11 Å². The summed E-state index contributed by atoms with van der Waals surface area (Å²) in [5.74, 6) is -0.350. The quantitative estimate of drug-likeness (QED) is 0.754. The second-order valence-electron chi connectivity index (χ2n) is 4.02. The molecule has 0 N–H and O–H groups in total. The molecule has 0 aliphatic carbocycles. The molecule has 1 heteroatoms. The van der Waals surface area contributed by atoms with Crippen LogP contribution < -0.4 is 0 Å². The summed E-state index contributed by atoms with van der Waals surface area (Å²) in [5, 5.41) is 0. The van der Waals surface area contributed by atoms with Gasteiger partial charge in [-0.3, -0.25) is 4.98 Å². The lowest BCUT2D eigenvalue weighted by atomic mass is 10.0. The van der Waals surface area contributed by atoms with Crippen LogP contribution in [0.4, 0.5) is 0 Å². The zero-order chi connectivity index (χ0) is 13.9. The average Bonchev–Trinajstić information content (AvgIpc) is 2.39. The van der Waals surface area contributed by atoms with E-state index in [1.807, 2.05) is 42.5 Å². The minimum absolute atomic E-state index is 0.350. The Morgan fingerprint density at radius 1 is 1.19 bits per heavy atom. The Labute approximate surface area is 101 Å². The SMILES string of the molecule is [2H]C([2H])([2H])C(C)Cc1ccc(-c2ccccc2)nc1. The van der Waals surface area contributed by atoms with Gasteiger partial charge in [-0.25, -0.2) is 0 Å².